The number of hydrogen-bond acceptors (Lipinski definition) is 4. The van der Waals surface area contributed by atoms with Crippen molar-refractivity contribution in [3.05, 3.63) is 95.9 Å². The van der Waals surface area contributed by atoms with Gasteiger partial charge in [-0.1, -0.05) is 60.7 Å². The molecule has 0 aliphatic carbocycles. The Morgan fingerprint density at radius 2 is 1.55 bits per heavy atom. The van der Waals surface area contributed by atoms with E-state index in [-0.39, 0.29) is 17.9 Å². The number of carbonyl (C=O) groups excluding carboxylic acids is 1. The van der Waals surface area contributed by atoms with Crippen molar-refractivity contribution in [1.82, 2.24) is 10.2 Å². The SMILES string of the molecule is O=C(NCC(c1ccco1)N1CCSCC1)C(c1ccccc1)c1ccccc1. The van der Waals surface area contributed by atoms with Gasteiger partial charge in [-0.2, -0.15) is 11.8 Å². The summed E-state index contributed by atoms with van der Waals surface area (Å²) in [6, 6.07) is 23.9. The van der Waals surface area contributed by atoms with Crippen molar-refractivity contribution in [2.45, 2.75) is 12.0 Å². The van der Waals surface area contributed by atoms with Crippen LogP contribution in [-0.4, -0.2) is 41.9 Å². The van der Waals surface area contributed by atoms with Gasteiger partial charge in [0.2, 0.25) is 5.91 Å². The van der Waals surface area contributed by atoms with Crippen molar-refractivity contribution in [2.24, 2.45) is 0 Å². The van der Waals surface area contributed by atoms with E-state index in [1.807, 2.05) is 84.6 Å². The molecule has 0 saturated carbocycles. The van der Waals surface area contributed by atoms with Crippen LogP contribution in [0.3, 0.4) is 0 Å². The summed E-state index contributed by atoms with van der Waals surface area (Å²) < 4.78 is 5.71. The van der Waals surface area contributed by atoms with Crippen LogP contribution in [-0.2, 0) is 4.79 Å². The average Bonchev–Trinajstić information content (AvgIpc) is 3.31. The smallest absolute Gasteiger partial charge is 0.232 e. The van der Waals surface area contributed by atoms with Gasteiger partial charge in [-0.05, 0) is 23.3 Å². The van der Waals surface area contributed by atoms with E-state index in [9.17, 15) is 4.79 Å². The van der Waals surface area contributed by atoms with Crippen LogP contribution in [0, 0.1) is 0 Å². The lowest BCUT2D eigenvalue weighted by Crippen LogP contribution is -2.43. The Hall–Kier alpha value is -2.50. The maximum absolute atomic E-state index is 13.3. The van der Waals surface area contributed by atoms with Crippen LogP contribution in [0.25, 0.3) is 0 Å². The van der Waals surface area contributed by atoms with Crippen molar-refractivity contribution in [3.63, 3.8) is 0 Å². The topological polar surface area (TPSA) is 45.5 Å². The van der Waals surface area contributed by atoms with Crippen LogP contribution in [0.2, 0.25) is 0 Å². The van der Waals surface area contributed by atoms with Gasteiger partial charge in [0.25, 0.3) is 0 Å². The lowest BCUT2D eigenvalue weighted by atomic mass is 9.90. The number of thioether (sulfide) groups is 1. The number of hydrogen-bond donors (Lipinski definition) is 1. The fraction of sp³-hybridized carbons (Fsp3) is 0.292. The van der Waals surface area contributed by atoms with Crippen LogP contribution in [0.15, 0.2) is 83.5 Å². The number of carbonyl (C=O) groups is 1. The Morgan fingerprint density at radius 1 is 0.931 bits per heavy atom. The van der Waals surface area contributed by atoms with Gasteiger partial charge in [-0.25, -0.2) is 0 Å². The highest BCUT2D eigenvalue weighted by Gasteiger charge is 2.28. The lowest BCUT2D eigenvalue weighted by molar-refractivity contribution is -0.122. The summed E-state index contributed by atoms with van der Waals surface area (Å²) >= 11 is 1.98. The standard InChI is InChI=1S/C24H26N2O2S/c27-24(23(19-8-3-1-4-9-19)20-10-5-2-6-11-20)25-18-21(22-12-7-15-28-22)26-13-16-29-17-14-26/h1-12,15,21,23H,13-14,16-18H2,(H,25,27). The van der Waals surface area contributed by atoms with Crippen LogP contribution in [0.1, 0.15) is 28.8 Å². The minimum atomic E-state index is -0.327. The predicted octanol–water partition coefficient (Wildman–Crippen LogP) is 4.32. The molecule has 0 spiro atoms. The third kappa shape index (κ3) is 4.92. The van der Waals surface area contributed by atoms with Gasteiger partial charge in [0.1, 0.15) is 5.76 Å². The molecule has 2 aromatic carbocycles. The average molecular weight is 407 g/mol. The second kappa shape index (κ2) is 9.81. The Balaban J connectivity index is 1.53. The van der Waals surface area contributed by atoms with E-state index in [0.29, 0.717) is 6.54 Å². The summed E-state index contributed by atoms with van der Waals surface area (Å²) in [5.74, 6) is 2.83. The lowest BCUT2D eigenvalue weighted by Gasteiger charge is -2.33. The number of nitrogens with one attached hydrogen (secondary N) is 1. The first-order chi connectivity index (χ1) is 14.3. The predicted molar refractivity (Wildman–Crippen MR) is 118 cm³/mol. The zero-order valence-electron chi connectivity index (χ0n) is 16.4. The summed E-state index contributed by atoms with van der Waals surface area (Å²) in [7, 11) is 0. The van der Waals surface area contributed by atoms with Gasteiger partial charge in [0, 0.05) is 31.1 Å². The maximum atomic E-state index is 13.3. The van der Waals surface area contributed by atoms with Crippen LogP contribution < -0.4 is 5.32 Å². The van der Waals surface area contributed by atoms with Gasteiger partial charge >= 0.3 is 0 Å². The first-order valence-electron chi connectivity index (χ1n) is 10.1. The van der Waals surface area contributed by atoms with Crippen LogP contribution in [0.5, 0.6) is 0 Å². The second-order valence-electron chi connectivity index (χ2n) is 7.18. The van der Waals surface area contributed by atoms with Crippen molar-refractivity contribution in [1.29, 1.82) is 0 Å². The van der Waals surface area contributed by atoms with Crippen LogP contribution >= 0.6 is 11.8 Å². The first kappa shape index (κ1) is 19.8. The number of benzene rings is 2. The molecule has 1 fully saturated rings. The molecule has 150 valence electrons. The number of nitrogens with zero attached hydrogens (tertiary/aromatic N) is 1. The molecule has 29 heavy (non-hydrogen) atoms. The molecule has 1 aliphatic heterocycles. The molecule has 1 N–H and O–H groups in total. The molecule has 5 heteroatoms. The molecule has 0 bridgehead atoms. The minimum absolute atomic E-state index is 0.0188. The molecule has 1 saturated heterocycles. The number of amides is 1. The van der Waals surface area contributed by atoms with Crippen molar-refractivity contribution in [2.75, 3.05) is 31.1 Å². The summed E-state index contributed by atoms with van der Waals surface area (Å²) in [4.78, 5) is 15.7. The van der Waals surface area contributed by atoms with Gasteiger partial charge < -0.3 is 9.73 Å². The van der Waals surface area contributed by atoms with E-state index < -0.39 is 0 Å². The summed E-state index contributed by atoms with van der Waals surface area (Å²) in [5, 5.41) is 3.22. The molecule has 0 radical (unpaired) electrons. The third-order valence-corrected chi connectivity index (χ3v) is 6.30. The Bertz CT molecular complexity index is 838. The molecular formula is C24H26N2O2S. The van der Waals surface area contributed by atoms with Crippen molar-refractivity contribution in [3.8, 4) is 0 Å². The molecule has 4 rings (SSSR count). The third-order valence-electron chi connectivity index (χ3n) is 5.36. The molecule has 1 amide bonds. The first-order valence-corrected chi connectivity index (χ1v) is 11.2. The highest BCUT2D eigenvalue weighted by atomic mass is 32.2. The van der Waals surface area contributed by atoms with E-state index in [2.05, 4.69) is 10.2 Å². The second-order valence-corrected chi connectivity index (χ2v) is 8.40. The zero-order valence-corrected chi connectivity index (χ0v) is 17.2. The Labute approximate surface area is 176 Å². The molecule has 4 nitrogen and oxygen atoms in total. The summed E-state index contributed by atoms with van der Waals surface area (Å²) in [6.07, 6.45) is 1.71. The number of furan rings is 1. The van der Waals surface area contributed by atoms with Gasteiger partial charge in [0.15, 0.2) is 0 Å². The highest BCUT2D eigenvalue weighted by molar-refractivity contribution is 7.99. The Morgan fingerprint density at radius 3 is 2.10 bits per heavy atom. The van der Waals surface area contributed by atoms with Gasteiger partial charge in [-0.3, -0.25) is 9.69 Å². The molecular weight excluding hydrogens is 380 g/mol. The van der Waals surface area contributed by atoms with E-state index >= 15 is 0 Å². The van der Waals surface area contributed by atoms with E-state index in [1.54, 1.807) is 6.26 Å². The Kier molecular flexibility index (Phi) is 6.70. The quantitative estimate of drug-likeness (QED) is 0.635. The van der Waals surface area contributed by atoms with E-state index in [1.165, 1.54) is 0 Å². The van der Waals surface area contributed by atoms with Gasteiger partial charge in [-0.15, -0.1) is 0 Å². The monoisotopic (exact) mass is 406 g/mol. The normalized spacial score (nSPS) is 15.9. The number of rotatable bonds is 7. The van der Waals surface area contributed by atoms with Crippen molar-refractivity contribution >= 4 is 17.7 Å². The highest BCUT2D eigenvalue weighted by Crippen LogP contribution is 2.27. The molecule has 1 atom stereocenters. The summed E-state index contributed by atoms with van der Waals surface area (Å²) in [6.45, 7) is 2.55. The molecule has 2 heterocycles. The zero-order chi connectivity index (χ0) is 19.9. The van der Waals surface area contributed by atoms with Crippen molar-refractivity contribution < 1.29 is 9.21 Å². The fourth-order valence-electron chi connectivity index (χ4n) is 3.87. The van der Waals surface area contributed by atoms with Crippen LogP contribution in [0.4, 0.5) is 0 Å². The van der Waals surface area contributed by atoms with Gasteiger partial charge in [0.05, 0.1) is 18.2 Å². The summed E-state index contributed by atoms with van der Waals surface area (Å²) in [5.41, 5.74) is 2.00. The molecule has 3 aromatic rings. The largest absolute Gasteiger partial charge is 0.468 e. The van der Waals surface area contributed by atoms with E-state index in [0.717, 1.165) is 41.5 Å². The minimum Gasteiger partial charge on any atom is -0.468 e. The molecule has 1 unspecified atom stereocenters. The molecule has 1 aromatic heterocycles. The molecule has 1 aliphatic rings. The fourth-order valence-corrected chi connectivity index (χ4v) is 4.80. The van der Waals surface area contributed by atoms with E-state index in [4.69, 9.17) is 4.42 Å². The maximum Gasteiger partial charge on any atom is 0.232 e.